The standard InChI is InChI=1S/C18H14ClFO4/c1-23-17-8-6-13(10-14(17)19)16(21)11-24-18(22)9-7-12-4-2-3-5-15(12)20/h2-10H,11H2,1H3/b9-7+. The molecular formula is C18H14ClFO4. The van der Waals surface area contributed by atoms with E-state index in [1.165, 1.54) is 37.5 Å². The van der Waals surface area contributed by atoms with E-state index in [1.807, 2.05) is 0 Å². The van der Waals surface area contributed by atoms with Gasteiger partial charge in [0.25, 0.3) is 0 Å². The van der Waals surface area contributed by atoms with E-state index < -0.39 is 24.2 Å². The molecule has 0 aliphatic rings. The van der Waals surface area contributed by atoms with Crippen LogP contribution in [0, 0.1) is 5.82 Å². The van der Waals surface area contributed by atoms with Gasteiger partial charge in [0, 0.05) is 17.2 Å². The summed E-state index contributed by atoms with van der Waals surface area (Å²) in [5, 5.41) is 0.286. The molecule has 0 aliphatic heterocycles. The van der Waals surface area contributed by atoms with Crippen LogP contribution >= 0.6 is 11.6 Å². The number of rotatable bonds is 6. The number of ketones is 1. The van der Waals surface area contributed by atoms with Crippen molar-refractivity contribution in [2.75, 3.05) is 13.7 Å². The van der Waals surface area contributed by atoms with Gasteiger partial charge in [-0.1, -0.05) is 29.8 Å². The van der Waals surface area contributed by atoms with Crippen LogP contribution in [0.25, 0.3) is 6.08 Å². The Morgan fingerprint density at radius 2 is 1.96 bits per heavy atom. The molecule has 2 aromatic rings. The molecule has 24 heavy (non-hydrogen) atoms. The van der Waals surface area contributed by atoms with E-state index in [-0.39, 0.29) is 10.6 Å². The molecule has 0 unspecified atom stereocenters. The Labute approximate surface area is 143 Å². The summed E-state index contributed by atoms with van der Waals surface area (Å²) in [4.78, 5) is 23.6. The molecule has 0 amide bonds. The lowest BCUT2D eigenvalue weighted by molar-refractivity contribution is -0.136. The van der Waals surface area contributed by atoms with Gasteiger partial charge in [0.2, 0.25) is 0 Å². The highest BCUT2D eigenvalue weighted by Gasteiger charge is 2.11. The number of Topliss-reactive ketones (excluding diaryl/α,β-unsaturated/α-hetero) is 1. The van der Waals surface area contributed by atoms with Gasteiger partial charge in [-0.3, -0.25) is 4.79 Å². The second-order valence-electron chi connectivity index (χ2n) is 4.74. The van der Waals surface area contributed by atoms with Gasteiger partial charge in [-0.2, -0.15) is 0 Å². The zero-order chi connectivity index (χ0) is 17.5. The zero-order valence-electron chi connectivity index (χ0n) is 12.8. The molecule has 0 atom stereocenters. The predicted octanol–water partition coefficient (Wildman–Crippen LogP) is 3.93. The summed E-state index contributed by atoms with van der Waals surface area (Å²) in [7, 11) is 1.46. The summed E-state index contributed by atoms with van der Waals surface area (Å²) in [6, 6.07) is 10.5. The Morgan fingerprint density at radius 3 is 2.62 bits per heavy atom. The molecule has 0 bridgehead atoms. The summed E-state index contributed by atoms with van der Waals surface area (Å²) in [5.74, 6) is -1.16. The van der Waals surface area contributed by atoms with Gasteiger partial charge >= 0.3 is 5.97 Å². The number of methoxy groups -OCH3 is 1. The molecule has 0 N–H and O–H groups in total. The van der Waals surface area contributed by atoms with Crippen molar-refractivity contribution in [1.29, 1.82) is 0 Å². The Kier molecular flexibility index (Phi) is 6.09. The van der Waals surface area contributed by atoms with Crippen molar-refractivity contribution in [2.24, 2.45) is 0 Å². The lowest BCUT2D eigenvalue weighted by Crippen LogP contribution is -2.12. The SMILES string of the molecule is COc1ccc(C(=O)COC(=O)/C=C/c2ccccc2F)cc1Cl. The smallest absolute Gasteiger partial charge is 0.331 e. The van der Waals surface area contributed by atoms with E-state index in [2.05, 4.69) is 0 Å². The number of ether oxygens (including phenoxy) is 2. The summed E-state index contributed by atoms with van der Waals surface area (Å²) in [5.41, 5.74) is 0.550. The Bertz CT molecular complexity index is 786. The van der Waals surface area contributed by atoms with Gasteiger partial charge in [0.1, 0.15) is 11.6 Å². The molecule has 6 heteroatoms. The second-order valence-corrected chi connectivity index (χ2v) is 5.14. The molecule has 2 aromatic carbocycles. The largest absolute Gasteiger partial charge is 0.495 e. The first-order valence-electron chi connectivity index (χ1n) is 6.97. The van der Waals surface area contributed by atoms with Crippen molar-refractivity contribution in [3.05, 3.63) is 70.5 Å². The molecule has 0 aromatic heterocycles. The monoisotopic (exact) mass is 348 g/mol. The third-order valence-electron chi connectivity index (χ3n) is 3.12. The molecule has 2 rings (SSSR count). The quantitative estimate of drug-likeness (QED) is 0.451. The highest BCUT2D eigenvalue weighted by atomic mass is 35.5. The maximum absolute atomic E-state index is 13.4. The first kappa shape index (κ1) is 17.7. The number of hydrogen-bond acceptors (Lipinski definition) is 4. The number of benzene rings is 2. The van der Waals surface area contributed by atoms with Crippen molar-refractivity contribution in [2.45, 2.75) is 0 Å². The highest BCUT2D eigenvalue weighted by molar-refractivity contribution is 6.32. The number of carbonyl (C=O) groups is 2. The normalized spacial score (nSPS) is 10.6. The van der Waals surface area contributed by atoms with Crippen LogP contribution in [0.2, 0.25) is 5.02 Å². The Balaban J connectivity index is 1.93. The van der Waals surface area contributed by atoms with Crippen LogP contribution in [0.4, 0.5) is 4.39 Å². The fraction of sp³-hybridized carbons (Fsp3) is 0.111. The van der Waals surface area contributed by atoms with Crippen molar-refractivity contribution in [1.82, 2.24) is 0 Å². The zero-order valence-corrected chi connectivity index (χ0v) is 13.5. The van der Waals surface area contributed by atoms with E-state index in [0.717, 1.165) is 6.08 Å². The van der Waals surface area contributed by atoms with Gasteiger partial charge in [-0.05, 0) is 30.3 Å². The van der Waals surface area contributed by atoms with E-state index in [9.17, 15) is 14.0 Å². The maximum Gasteiger partial charge on any atom is 0.331 e. The highest BCUT2D eigenvalue weighted by Crippen LogP contribution is 2.25. The van der Waals surface area contributed by atoms with Gasteiger partial charge in [0.15, 0.2) is 12.4 Å². The number of halogens is 2. The summed E-state index contributed by atoms with van der Waals surface area (Å²) < 4.78 is 23.2. The molecular weight excluding hydrogens is 335 g/mol. The van der Waals surface area contributed by atoms with Crippen molar-refractivity contribution < 1.29 is 23.5 Å². The predicted molar refractivity (Wildman–Crippen MR) is 88.7 cm³/mol. The second kappa shape index (κ2) is 8.26. The lowest BCUT2D eigenvalue weighted by atomic mass is 10.1. The summed E-state index contributed by atoms with van der Waals surface area (Å²) in [6.45, 7) is -0.441. The lowest BCUT2D eigenvalue weighted by Gasteiger charge is -2.05. The van der Waals surface area contributed by atoms with Gasteiger partial charge in [0.05, 0.1) is 12.1 Å². The molecule has 0 saturated carbocycles. The maximum atomic E-state index is 13.4. The van der Waals surface area contributed by atoms with E-state index in [1.54, 1.807) is 18.2 Å². The number of carbonyl (C=O) groups excluding carboxylic acids is 2. The fourth-order valence-electron chi connectivity index (χ4n) is 1.88. The van der Waals surface area contributed by atoms with Crippen LogP contribution in [0.1, 0.15) is 15.9 Å². The topological polar surface area (TPSA) is 52.6 Å². The minimum atomic E-state index is -0.744. The molecule has 0 fully saturated rings. The summed E-state index contributed by atoms with van der Waals surface area (Å²) in [6.07, 6.45) is 2.35. The first-order valence-corrected chi connectivity index (χ1v) is 7.35. The summed E-state index contributed by atoms with van der Waals surface area (Å²) >= 11 is 5.94. The Hall–Kier alpha value is -2.66. The molecule has 0 saturated heterocycles. The van der Waals surface area contributed by atoms with Gasteiger partial charge in [-0.25, -0.2) is 9.18 Å². The third kappa shape index (κ3) is 4.67. The van der Waals surface area contributed by atoms with Gasteiger partial charge < -0.3 is 9.47 Å². The molecule has 4 nitrogen and oxygen atoms in total. The Morgan fingerprint density at radius 1 is 1.21 bits per heavy atom. The minimum absolute atomic E-state index is 0.253. The van der Waals surface area contributed by atoms with E-state index >= 15 is 0 Å². The number of esters is 1. The van der Waals surface area contributed by atoms with Crippen LogP contribution < -0.4 is 4.74 Å². The van der Waals surface area contributed by atoms with Crippen LogP contribution in [-0.4, -0.2) is 25.5 Å². The van der Waals surface area contributed by atoms with Crippen molar-refractivity contribution in [3.8, 4) is 5.75 Å². The van der Waals surface area contributed by atoms with Crippen LogP contribution in [0.15, 0.2) is 48.5 Å². The van der Waals surface area contributed by atoms with Gasteiger partial charge in [-0.15, -0.1) is 0 Å². The molecule has 0 aliphatic carbocycles. The van der Waals surface area contributed by atoms with E-state index in [0.29, 0.717) is 11.3 Å². The average Bonchev–Trinajstić information content (AvgIpc) is 2.58. The van der Waals surface area contributed by atoms with E-state index in [4.69, 9.17) is 21.1 Å². The van der Waals surface area contributed by atoms with Crippen molar-refractivity contribution >= 4 is 29.4 Å². The molecule has 0 heterocycles. The van der Waals surface area contributed by atoms with Crippen LogP contribution in [-0.2, 0) is 9.53 Å². The molecule has 0 spiro atoms. The van der Waals surface area contributed by atoms with Crippen LogP contribution in [0.5, 0.6) is 5.75 Å². The molecule has 124 valence electrons. The van der Waals surface area contributed by atoms with Crippen LogP contribution in [0.3, 0.4) is 0 Å². The third-order valence-corrected chi connectivity index (χ3v) is 3.42. The molecule has 0 radical (unpaired) electrons. The average molecular weight is 349 g/mol. The first-order chi connectivity index (χ1) is 11.5. The van der Waals surface area contributed by atoms with Crippen molar-refractivity contribution in [3.63, 3.8) is 0 Å². The fourth-order valence-corrected chi connectivity index (χ4v) is 2.13. The minimum Gasteiger partial charge on any atom is -0.495 e. The number of hydrogen-bond donors (Lipinski definition) is 0.